The third kappa shape index (κ3) is 1.99. The zero-order valence-corrected chi connectivity index (χ0v) is 6.69. The van der Waals surface area contributed by atoms with E-state index in [1.807, 2.05) is 20.2 Å². The van der Waals surface area contributed by atoms with Crippen molar-refractivity contribution >= 4 is 0 Å². The van der Waals surface area contributed by atoms with E-state index in [0.717, 1.165) is 5.69 Å². The Bertz CT molecular complexity index is 222. The molecule has 0 aliphatic heterocycles. The molecule has 2 N–H and O–H groups in total. The first kappa shape index (κ1) is 8.16. The predicted molar refractivity (Wildman–Crippen MR) is 39.6 cm³/mol. The standard InChI is InChI=1S/C6H12N4O/c1-5(4-11-7)6-3-10(2)9-8-6/h3,5H,4,7H2,1-2H3. The molecule has 5 heteroatoms. The van der Waals surface area contributed by atoms with Gasteiger partial charge in [0, 0.05) is 19.2 Å². The zero-order valence-electron chi connectivity index (χ0n) is 6.69. The fourth-order valence-electron chi connectivity index (χ4n) is 0.821. The second-order valence-electron chi connectivity index (χ2n) is 2.55. The number of hydrogen-bond donors (Lipinski definition) is 1. The summed E-state index contributed by atoms with van der Waals surface area (Å²) in [6.07, 6.45) is 1.85. The Morgan fingerprint density at radius 1 is 1.82 bits per heavy atom. The van der Waals surface area contributed by atoms with Gasteiger partial charge in [0.05, 0.1) is 12.3 Å². The van der Waals surface area contributed by atoms with Crippen molar-refractivity contribution in [2.24, 2.45) is 12.9 Å². The molecule has 62 valence electrons. The first-order valence-electron chi connectivity index (χ1n) is 3.42. The van der Waals surface area contributed by atoms with Crippen molar-refractivity contribution in [1.29, 1.82) is 0 Å². The van der Waals surface area contributed by atoms with Crippen LogP contribution in [-0.4, -0.2) is 21.6 Å². The van der Waals surface area contributed by atoms with E-state index in [-0.39, 0.29) is 5.92 Å². The van der Waals surface area contributed by atoms with Gasteiger partial charge in [0.15, 0.2) is 0 Å². The van der Waals surface area contributed by atoms with E-state index in [1.54, 1.807) is 4.68 Å². The number of aromatic nitrogens is 3. The van der Waals surface area contributed by atoms with Crippen LogP contribution in [0.1, 0.15) is 18.5 Å². The van der Waals surface area contributed by atoms with Crippen molar-refractivity contribution < 1.29 is 4.84 Å². The molecule has 0 aliphatic rings. The molecule has 1 rings (SSSR count). The molecule has 5 nitrogen and oxygen atoms in total. The maximum atomic E-state index is 4.92. The maximum Gasteiger partial charge on any atom is 0.0878 e. The van der Waals surface area contributed by atoms with Crippen molar-refractivity contribution in [1.82, 2.24) is 15.0 Å². The van der Waals surface area contributed by atoms with Gasteiger partial charge in [0.2, 0.25) is 0 Å². The molecule has 0 spiro atoms. The van der Waals surface area contributed by atoms with Crippen LogP contribution in [0.15, 0.2) is 6.20 Å². The fraction of sp³-hybridized carbons (Fsp3) is 0.667. The minimum Gasteiger partial charge on any atom is -0.304 e. The quantitative estimate of drug-likeness (QED) is 0.616. The SMILES string of the molecule is CC(CON)c1cn(C)nn1. The minimum atomic E-state index is 0.202. The number of nitrogens with two attached hydrogens (primary N) is 1. The van der Waals surface area contributed by atoms with Gasteiger partial charge < -0.3 is 4.84 Å². The van der Waals surface area contributed by atoms with E-state index in [9.17, 15) is 0 Å². The fourth-order valence-corrected chi connectivity index (χ4v) is 0.821. The van der Waals surface area contributed by atoms with Gasteiger partial charge in [-0.05, 0) is 0 Å². The average molecular weight is 156 g/mol. The molecule has 1 atom stereocenters. The summed E-state index contributed by atoms with van der Waals surface area (Å²) in [5, 5.41) is 7.70. The van der Waals surface area contributed by atoms with Crippen LogP contribution in [-0.2, 0) is 11.9 Å². The Balaban J connectivity index is 2.60. The van der Waals surface area contributed by atoms with Crippen LogP contribution in [0.2, 0.25) is 0 Å². The molecule has 0 aromatic carbocycles. The summed E-state index contributed by atoms with van der Waals surface area (Å²) in [4.78, 5) is 4.49. The number of hydrogen-bond acceptors (Lipinski definition) is 4. The van der Waals surface area contributed by atoms with Crippen molar-refractivity contribution in [2.75, 3.05) is 6.61 Å². The minimum absolute atomic E-state index is 0.202. The Kier molecular flexibility index (Phi) is 2.56. The molecule has 0 saturated heterocycles. The second kappa shape index (κ2) is 3.45. The molecule has 0 saturated carbocycles. The van der Waals surface area contributed by atoms with Crippen LogP contribution in [0.5, 0.6) is 0 Å². The van der Waals surface area contributed by atoms with Gasteiger partial charge in [0.1, 0.15) is 0 Å². The van der Waals surface area contributed by atoms with Crippen LogP contribution in [0.4, 0.5) is 0 Å². The van der Waals surface area contributed by atoms with E-state index >= 15 is 0 Å². The van der Waals surface area contributed by atoms with Crippen LogP contribution in [0.3, 0.4) is 0 Å². The first-order valence-corrected chi connectivity index (χ1v) is 3.42. The van der Waals surface area contributed by atoms with E-state index in [0.29, 0.717) is 6.61 Å². The Morgan fingerprint density at radius 3 is 3.00 bits per heavy atom. The van der Waals surface area contributed by atoms with Crippen LogP contribution in [0, 0.1) is 0 Å². The van der Waals surface area contributed by atoms with Gasteiger partial charge in [0.25, 0.3) is 0 Å². The summed E-state index contributed by atoms with van der Waals surface area (Å²) in [5.74, 6) is 5.12. The van der Waals surface area contributed by atoms with E-state index < -0.39 is 0 Å². The monoisotopic (exact) mass is 156 g/mol. The number of nitrogens with zero attached hydrogens (tertiary/aromatic N) is 3. The smallest absolute Gasteiger partial charge is 0.0878 e. The Labute approximate surface area is 65.1 Å². The third-order valence-electron chi connectivity index (χ3n) is 1.47. The highest BCUT2D eigenvalue weighted by Gasteiger charge is 2.08. The van der Waals surface area contributed by atoms with Gasteiger partial charge in [-0.25, -0.2) is 5.90 Å². The second-order valence-corrected chi connectivity index (χ2v) is 2.55. The normalized spacial score (nSPS) is 13.4. The highest BCUT2D eigenvalue weighted by Crippen LogP contribution is 2.09. The summed E-state index contributed by atoms with van der Waals surface area (Å²) in [5.41, 5.74) is 0.901. The summed E-state index contributed by atoms with van der Waals surface area (Å²) >= 11 is 0. The molecule has 0 amide bonds. The maximum absolute atomic E-state index is 4.92. The Morgan fingerprint density at radius 2 is 2.55 bits per heavy atom. The summed E-state index contributed by atoms with van der Waals surface area (Å²) in [7, 11) is 1.83. The molecule has 1 aromatic heterocycles. The zero-order chi connectivity index (χ0) is 8.27. The van der Waals surface area contributed by atoms with Crippen LogP contribution >= 0.6 is 0 Å². The lowest BCUT2D eigenvalue weighted by Gasteiger charge is -2.03. The molecule has 0 bridgehead atoms. The number of rotatable bonds is 3. The largest absolute Gasteiger partial charge is 0.304 e. The lowest BCUT2D eigenvalue weighted by Crippen LogP contribution is -2.08. The molecule has 11 heavy (non-hydrogen) atoms. The molecule has 0 fully saturated rings. The summed E-state index contributed by atoms with van der Waals surface area (Å²) in [6.45, 7) is 2.45. The topological polar surface area (TPSA) is 66.0 Å². The predicted octanol–water partition coefficient (Wildman–Crippen LogP) is -0.191. The molecule has 0 aliphatic carbocycles. The van der Waals surface area contributed by atoms with E-state index in [1.165, 1.54) is 0 Å². The molecule has 1 heterocycles. The third-order valence-corrected chi connectivity index (χ3v) is 1.47. The highest BCUT2D eigenvalue weighted by atomic mass is 16.6. The van der Waals surface area contributed by atoms with Crippen molar-refractivity contribution in [3.05, 3.63) is 11.9 Å². The first-order chi connectivity index (χ1) is 5.24. The van der Waals surface area contributed by atoms with E-state index in [4.69, 9.17) is 5.90 Å². The van der Waals surface area contributed by atoms with Gasteiger partial charge in [-0.2, -0.15) is 0 Å². The van der Waals surface area contributed by atoms with Gasteiger partial charge >= 0.3 is 0 Å². The van der Waals surface area contributed by atoms with Crippen molar-refractivity contribution in [2.45, 2.75) is 12.8 Å². The van der Waals surface area contributed by atoms with Crippen LogP contribution < -0.4 is 5.90 Å². The average Bonchev–Trinajstić information content (AvgIpc) is 2.36. The van der Waals surface area contributed by atoms with Crippen molar-refractivity contribution in [3.8, 4) is 0 Å². The number of aryl methyl sites for hydroxylation is 1. The van der Waals surface area contributed by atoms with Gasteiger partial charge in [-0.15, -0.1) is 5.10 Å². The summed E-state index contributed by atoms with van der Waals surface area (Å²) in [6, 6.07) is 0. The lowest BCUT2D eigenvalue weighted by molar-refractivity contribution is 0.126. The lowest BCUT2D eigenvalue weighted by atomic mass is 10.1. The molecular weight excluding hydrogens is 144 g/mol. The molecule has 1 aromatic rings. The van der Waals surface area contributed by atoms with Crippen LogP contribution in [0.25, 0.3) is 0 Å². The highest BCUT2D eigenvalue weighted by molar-refractivity contribution is 4.99. The Hall–Kier alpha value is -0.940. The summed E-state index contributed by atoms with van der Waals surface area (Å²) < 4.78 is 1.66. The molecular formula is C6H12N4O. The molecule has 1 unspecified atom stereocenters. The van der Waals surface area contributed by atoms with Crippen molar-refractivity contribution in [3.63, 3.8) is 0 Å². The van der Waals surface area contributed by atoms with Gasteiger partial charge in [-0.3, -0.25) is 4.68 Å². The molecule has 0 radical (unpaired) electrons. The van der Waals surface area contributed by atoms with E-state index in [2.05, 4.69) is 15.1 Å². The van der Waals surface area contributed by atoms with Gasteiger partial charge in [-0.1, -0.05) is 12.1 Å².